The van der Waals surface area contributed by atoms with E-state index >= 15 is 0 Å². The number of anilines is 1. The number of carbonyl (C=O) groups is 4. The van der Waals surface area contributed by atoms with E-state index in [4.69, 9.17) is 10.5 Å². The molecule has 1 unspecified atom stereocenters. The van der Waals surface area contributed by atoms with E-state index < -0.39 is 29.7 Å². The zero-order valence-corrected chi connectivity index (χ0v) is 21.6. The predicted molar refractivity (Wildman–Crippen MR) is 127 cm³/mol. The average Bonchev–Trinajstić information content (AvgIpc) is 2.63. The minimum absolute atomic E-state index is 0.00545. The van der Waals surface area contributed by atoms with Gasteiger partial charge in [0.2, 0.25) is 11.8 Å². The number of nitrogens with one attached hydrogen (secondary N) is 1. The Morgan fingerprint density at radius 2 is 1.68 bits per heavy atom. The summed E-state index contributed by atoms with van der Waals surface area (Å²) in [6.07, 6.45) is 0.343. The lowest BCUT2D eigenvalue weighted by Crippen LogP contribution is -2.44. The molecule has 0 fully saturated rings. The van der Waals surface area contributed by atoms with Crippen molar-refractivity contribution in [2.45, 2.75) is 19.4 Å². The van der Waals surface area contributed by atoms with Crippen LogP contribution in [0.4, 0.5) is 5.69 Å². The summed E-state index contributed by atoms with van der Waals surface area (Å²) >= 11 is 5.40. The second kappa shape index (κ2) is 11.0. The summed E-state index contributed by atoms with van der Waals surface area (Å²) in [5, 5.41) is 12.2. The van der Waals surface area contributed by atoms with Crippen molar-refractivity contribution < 1.29 is 29.0 Å². The molecule has 9 nitrogen and oxygen atoms in total. The number of aromatic carboxylic acids is 1. The highest BCUT2D eigenvalue weighted by atomic mass is 127. The number of rotatable bonds is 7. The first-order chi connectivity index (χ1) is 13.0. The van der Waals surface area contributed by atoms with Crippen LogP contribution >= 0.6 is 67.8 Å². The van der Waals surface area contributed by atoms with Gasteiger partial charge < -0.3 is 20.9 Å². The standard InChI is InChI=1S/C16H18I3N3O6/c1-4-6(20)14(24)22(2)15(25)8-10(17)9(16(26)27)12(19)13(11(8)18)21-7(23)5-28-3/h6H,4-5,20H2,1-3H3,(H,21,23)(H,26,27). The molecule has 0 saturated heterocycles. The number of carboxylic acids is 1. The van der Waals surface area contributed by atoms with Crippen LogP contribution in [0.15, 0.2) is 0 Å². The zero-order valence-electron chi connectivity index (χ0n) is 15.1. The van der Waals surface area contributed by atoms with Crippen molar-refractivity contribution in [1.82, 2.24) is 4.90 Å². The van der Waals surface area contributed by atoms with Gasteiger partial charge in [0, 0.05) is 17.7 Å². The van der Waals surface area contributed by atoms with Crippen LogP contribution in [-0.2, 0) is 14.3 Å². The van der Waals surface area contributed by atoms with Gasteiger partial charge in [-0.15, -0.1) is 0 Å². The molecule has 1 rings (SSSR count). The van der Waals surface area contributed by atoms with E-state index in [2.05, 4.69) is 5.32 Å². The molecule has 28 heavy (non-hydrogen) atoms. The smallest absolute Gasteiger partial charge is 0.337 e. The van der Waals surface area contributed by atoms with Crippen LogP contribution in [0.1, 0.15) is 34.1 Å². The van der Waals surface area contributed by atoms with Crippen LogP contribution in [0.2, 0.25) is 0 Å². The van der Waals surface area contributed by atoms with Crippen molar-refractivity contribution in [3.8, 4) is 0 Å². The van der Waals surface area contributed by atoms with Gasteiger partial charge in [-0.3, -0.25) is 19.3 Å². The Balaban J connectivity index is 3.63. The fraction of sp³-hybridized carbons (Fsp3) is 0.375. The number of ether oxygens (including phenoxy) is 1. The molecule has 0 aliphatic carbocycles. The molecule has 1 atom stereocenters. The number of amides is 3. The summed E-state index contributed by atoms with van der Waals surface area (Å²) in [5.41, 5.74) is 5.76. The minimum Gasteiger partial charge on any atom is -0.478 e. The number of halogens is 3. The van der Waals surface area contributed by atoms with Crippen LogP contribution in [0.5, 0.6) is 0 Å². The fourth-order valence-electron chi connectivity index (χ4n) is 2.15. The predicted octanol–water partition coefficient (Wildman–Crippen LogP) is 2.12. The normalized spacial score (nSPS) is 11.7. The number of imide groups is 1. The summed E-state index contributed by atoms with van der Waals surface area (Å²) in [5.74, 6) is -3.06. The number of nitrogens with two attached hydrogens (primary N) is 1. The number of carboxylic acid groups (broad SMARTS) is 1. The maximum atomic E-state index is 13.0. The van der Waals surface area contributed by atoms with Crippen molar-refractivity contribution in [1.29, 1.82) is 0 Å². The van der Waals surface area contributed by atoms with E-state index in [1.165, 1.54) is 14.2 Å². The molecule has 4 N–H and O–H groups in total. The highest BCUT2D eigenvalue weighted by Gasteiger charge is 2.32. The van der Waals surface area contributed by atoms with E-state index in [-0.39, 0.29) is 30.6 Å². The number of carbonyl (C=O) groups excluding carboxylic acids is 3. The third kappa shape index (κ3) is 5.51. The van der Waals surface area contributed by atoms with E-state index in [0.29, 0.717) is 9.99 Å². The molecule has 1 aromatic rings. The SMILES string of the molecule is CCC(N)C(=O)N(C)C(=O)c1c(I)c(NC(=O)COC)c(I)c(C(=O)O)c1I. The molecule has 0 bridgehead atoms. The lowest BCUT2D eigenvalue weighted by molar-refractivity contribution is -0.129. The van der Waals surface area contributed by atoms with Crippen LogP contribution < -0.4 is 11.1 Å². The van der Waals surface area contributed by atoms with Crippen LogP contribution in [0.25, 0.3) is 0 Å². The highest BCUT2D eigenvalue weighted by Crippen LogP contribution is 2.36. The maximum absolute atomic E-state index is 13.0. The Morgan fingerprint density at radius 1 is 1.14 bits per heavy atom. The van der Waals surface area contributed by atoms with E-state index in [1.807, 2.05) is 22.6 Å². The molecule has 0 aromatic heterocycles. The largest absolute Gasteiger partial charge is 0.478 e. The fourth-order valence-corrected chi connectivity index (χ4v) is 6.51. The Hall–Kier alpha value is -0.590. The van der Waals surface area contributed by atoms with E-state index in [0.717, 1.165) is 4.90 Å². The maximum Gasteiger partial charge on any atom is 0.337 e. The zero-order chi connectivity index (χ0) is 21.8. The molecule has 1 aromatic carbocycles. The monoisotopic (exact) mass is 729 g/mol. The molecule has 0 radical (unpaired) electrons. The van der Waals surface area contributed by atoms with Gasteiger partial charge in [0.15, 0.2) is 0 Å². The van der Waals surface area contributed by atoms with Crippen LogP contribution in [0.3, 0.4) is 0 Å². The summed E-state index contributed by atoms with van der Waals surface area (Å²) < 4.78 is 5.52. The molecule has 0 aliphatic heterocycles. The Bertz CT molecular complexity index is 831. The summed E-state index contributed by atoms with van der Waals surface area (Å²) in [4.78, 5) is 50.0. The third-order valence-electron chi connectivity index (χ3n) is 3.68. The van der Waals surface area contributed by atoms with Crippen LogP contribution in [-0.4, -0.2) is 60.5 Å². The summed E-state index contributed by atoms with van der Waals surface area (Å²) in [6, 6.07) is -0.854. The average molecular weight is 729 g/mol. The summed E-state index contributed by atoms with van der Waals surface area (Å²) in [6.45, 7) is 1.47. The molecule has 0 aliphatic rings. The second-order valence-corrected chi connectivity index (χ2v) is 8.81. The first-order valence-corrected chi connectivity index (χ1v) is 11.0. The number of likely N-dealkylation sites (N-methyl/N-ethyl adjacent to an activating group) is 1. The van der Waals surface area contributed by atoms with Crippen molar-refractivity contribution in [2.24, 2.45) is 5.73 Å². The lowest BCUT2D eigenvalue weighted by Gasteiger charge is -2.23. The molecule has 0 heterocycles. The van der Waals surface area contributed by atoms with Crippen molar-refractivity contribution >= 4 is 97.2 Å². The first-order valence-electron chi connectivity index (χ1n) is 7.79. The topological polar surface area (TPSA) is 139 Å². The number of benzene rings is 1. The van der Waals surface area contributed by atoms with Gasteiger partial charge in [0.25, 0.3) is 5.91 Å². The van der Waals surface area contributed by atoms with E-state index in [9.17, 15) is 24.3 Å². The van der Waals surface area contributed by atoms with Crippen LogP contribution in [0, 0.1) is 10.7 Å². The van der Waals surface area contributed by atoms with Gasteiger partial charge in [0.1, 0.15) is 6.61 Å². The molecule has 3 amide bonds. The summed E-state index contributed by atoms with van der Waals surface area (Å²) in [7, 11) is 2.63. The Morgan fingerprint density at radius 3 is 2.14 bits per heavy atom. The van der Waals surface area contributed by atoms with Gasteiger partial charge in [0.05, 0.1) is 30.0 Å². The molecule has 154 valence electrons. The van der Waals surface area contributed by atoms with Crippen molar-refractivity contribution in [3.05, 3.63) is 21.8 Å². The number of methoxy groups -OCH3 is 1. The Kier molecular flexibility index (Phi) is 9.98. The van der Waals surface area contributed by atoms with E-state index in [1.54, 1.807) is 52.1 Å². The number of hydrogen-bond donors (Lipinski definition) is 3. The lowest BCUT2D eigenvalue weighted by atomic mass is 10.1. The van der Waals surface area contributed by atoms with Gasteiger partial charge in [-0.25, -0.2) is 4.79 Å². The van der Waals surface area contributed by atoms with Gasteiger partial charge in [-0.2, -0.15) is 0 Å². The molecule has 0 saturated carbocycles. The number of nitrogens with zero attached hydrogens (tertiary/aromatic N) is 1. The first kappa shape index (κ1) is 25.4. The van der Waals surface area contributed by atoms with Gasteiger partial charge >= 0.3 is 5.97 Å². The van der Waals surface area contributed by atoms with Gasteiger partial charge in [-0.05, 0) is 74.2 Å². The quantitative estimate of drug-likeness (QED) is 0.366. The molecule has 0 spiro atoms. The number of hydrogen-bond acceptors (Lipinski definition) is 6. The second-order valence-electron chi connectivity index (χ2n) is 5.57. The molecular weight excluding hydrogens is 711 g/mol. The van der Waals surface area contributed by atoms with Gasteiger partial charge in [-0.1, -0.05) is 6.92 Å². The van der Waals surface area contributed by atoms with Crippen molar-refractivity contribution in [3.63, 3.8) is 0 Å². The highest BCUT2D eigenvalue weighted by molar-refractivity contribution is 14.1. The minimum atomic E-state index is -1.26. The Labute approximate surface area is 202 Å². The van der Waals surface area contributed by atoms with Crippen molar-refractivity contribution in [2.75, 3.05) is 26.1 Å². The third-order valence-corrected chi connectivity index (χ3v) is 6.91. The molecule has 12 heteroatoms. The molecular formula is C16H18I3N3O6.